The van der Waals surface area contributed by atoms with E-state index < -0.39 is 53.0 Å². The van der Waals surface area contributed by atoms with Crippen molar-refractivity contribution < 1.29 is 43.2 Å². The van der Waals surface area contributed by atoms with Gasteiger partial charge >= 0.3 is 24.1 Å². The molecule has 214 valence electrons. The zero-order valence-electron chi connectivity index (χ0n) is 23.8. The minimum absolute atomic E-state index is 0.0237. The van der Waals surface area contributed by atoms with Crippen molar-refractivity contribution in [1.82, 2.24) is 0 Å². The number of hydrogen-bond donors (Lipinski definition) is 2. The zero-order chi connectivity index (χ0) is 29.3. The molecule has 10 nitrogen and oxygen atoms in total. The summed E-state index contributed by atoms with van der Waals surface area (Å²) in [6.07, 6.45) is 0.0972. The van der Waals surface area contributed by atoms with Crippen LogP contribution in [-0.2, 0) is 23.9 Å². The van der Waals surface area contributed by atoms with Gasteiger partial charge in [-0.1, -0.05) is 26.8 Å². The van der Waals surface area contributed by atoms with E-state index in [1.165, 1.54) is 12.1 Å². The fourth-order valence-electron chi connectivity index (χ4n) is 3.14. The van der Waals surface area contributed by atoms with Gasteiger partial charge in [-0.3, -0.25) is 14.4 Å². The highest BCUT2D eigenvalue weighted by Crippen LogP contribution is 2.37. The monoisotopic (exact) mass is 537 g/mol. The van der Waals surface area contributed by atoms with Crippen LogP contribution in [0.1, 0.15) is 92.6 Å². The van der Waals surface area contributed by atoms with Crippen LogP contribution in [0.2, 0.25) is 0 Å². The summed E-state index contributed by atoms with van der Waals surface area (Å²) in [5, 5.41) is 9.66. The Bertz CT molecular complexity index is 987. The average molecular weight is 538 g/mol. The maximum absolute atomic E-state index is 12.9. The molecule has 0 amide bonds. The van der Waals surface area contributed by atoms with Crippen LogP contribution in [-0.4, -0.2) is 47.9 Å². The number of rotatable bonds is 14. The molecule has 0 aliphatic rings. The van der Waals surface area contributed by atoms with Crippen molar-refractivity contribution in [3.8, 4) is 11.5 Å². The molecule has 3 N–H and O–H groups in total. The number of aliphatic carboxylic acids is 1. The van der Waals surface area contributed by atoms with Gasteiger partial charge in [0, 0.05) is 5.92 Å². The number of carboxylic acids is 1. The molecule has 0 saturated carbocycles. The Morgan fingerprint density at radius 3 is 1.92 bits per heavy atom. The van der Waals surface area contributed by atoms with Crippen molar-refractivity contribution in [3.05, 3.63) is 23.8 Å². The third-order valence-corrected chi connectivity index (χ3v) is 6.70. The molecule has 1 aromatic carbocycles. The number of hydrogen-bond acceptors (Lipinski definition) is 9. The molecule has 0 aliphatic carbocycles. The van der Waals surface area contributed by atoms with Crippen LogP contribution in [0, 0.1) is 10.8 Å². The lowest BCUT2D eigenvalue weighted by Gasteiger charge is -2.26. The molecule has 2 unspecified atom stereocenters. The molecule has 0 heterocycles. The summed E-state index contributed by atoms with van der Waals surface area (Å²) in [6.45, 7) is 14.3. The van der Waals surface area contributed by atoms with E-state index in [2.05, 4.69) is 0 Å². The first-order valence-electron chi connectivity index (χ1n) is 13.0. The standard InChI is InChI=1S/C28H43NO9/c1-9-14-35-26(34)36-17(4)15-19(22(29)23(30)31)18-12-13-20(37-24(32)27(5,6)10-2)21(16-18)38-25(33)28(7,8)11-3/h12-13,16-17,19,22H,9-11,14-15,29H2,1-8H3,(H,30,31)/t17?,19?,22-/m0/s1. The predicted octanol–water partition coefficient (Wildman–Crippen LogP) is 5.21. The molecule has 0 fully saturated rings. The lowest BCUT2D eigenvalue weighted by atomic mass is 9.86. The van der Waals surface area contributed by atoms with Gasteiger partial charge in [0.05, 0.1) is 17.4 Å². The Hall–Kier alpha value is -3.14. The molecule has 0 aromatic heterocycles. The molecule has 3 atom stereocenters. The first kappa shape index (κ1) is 32.9. The highest BCUT2D eigenvalue weighted by Gasteiger charge is 2.34. The van der Waals surface area contributed by atoms with Gasteiger partial charge in [0.15, 0.2) is 11.5 Å². The van der Waals surface area contributed by atoms with E-state index in [-0.39, 0.29) is 24.5 Å². The topological polar surface area (TPSA) is 151 Å². The third kappa shape index (κ3) is 9.31. The van der Waals surface area contributed by atoms with E-state index >= 15 is 0 Å². The number of carbonyl (C=O) groups is 4. The quantitative estimate of drug-likeness (QED) is 0.239. The van der Waals surface area contributed by atoms with Crippen molar-refractivity contribution in [3.63, 3.8) is 0 Å². The SMILES string of the molecule is CCCOC(=O)OC(C)CC(c1ccc(OC(=O)C(C)(C)CC)c(OC(=O)C(C)(C)CC)c1)[C@H](N)C(=O)O. The molecule has 0 spiro atoms. The van der Waals surface area contributed by atoms with Gasteiger partial charge in [0.25, 0.3) is 0 Å². The van der Waals surface area contributed by atoms with Crippen LogP contribution in [0.25, 0.3) is 0 Å². The Morgan fingerprint density at radius 1 is 0.921 bits per heavy atom. The first-order valence-corrected chi connectivity index (χ1v) is 13.0. The van der Waals surface area contributed by atoms with E-state index in [1.54, 1.807) is 40.7 Å². The number of esters is 2. The highest BCUT2D eigenvalue weighted by molar-refractivity contribution is 5.81. The first-order chi connectivity index (χ1) is 17.6. The Labute approximate surface area is 225 Å². The second-order valence-corrected chi connectivity index (χ2v) is 10.7. The maximum Gasteiger partial charge on any atom is 0.508 e. The van der Waals surface area contributed by atoms with Crippen molar-refractivity contribution in [2.45, 2.75) is 99.1 Å². The number of carbonyl (C=O) groups excluding carboxylic acids is 3. The van der Waals surface area contributed by atoms with Crippen LogP contribution < -0.4 is 15.2 Å². The second-order valence-electron chi connectivity index (χ2n) is 10.7. The summed E-state index contributed by atoms with van der Waals surface area (Å²) in [7, 11) is 0. The summed E-state index contributed by atoms with van der Waals surface area (Å²) >= 11 is 0. The van der Waals surface area contributed by atoms with Crippen LogP contribution in [0.4, 0.5) is 4.79 Å². The molecular weight excluding hydrogens is 494 g/mol. The largest absolute Gasteiger partial charge is 0.508 e. The highest BCUT2D eigenvalue weighted by atomic mass is 16.7. The van der Waals surface area contributed by atoms with Gasteiger partial charge in [-0.25, -0.2) is 4.79 Å². The summed E-state index contributed by atoms with van der Waals surface area (Å²) in [4.78, 5) is 49.4. The summed E-state index contributed by atoms with van der Waals surface area (Å²) in [5.74, 6) is -3.16. The average Bonchev–Trinajstić information content (AvgIpc) is 2.86. The van der Waals surface area contributed by atoms with Crippen LogP contribution in [0.3, 0.4) is 0 Å². The number of ether oxygens (including phenoxy) is 4. The summed E-state index contributed by atoms with van der Waals surface area (Å²) in [6, 6.07) is 3.08. The fourth-order valence-corrected chi connectivity index (χ4v) is 3.14. The maximum atomic E-state index is 12.9. The Morgan fingerprint density at radius 2 is 1.45 bits per heavy atom. The van der Waals surface area contributed by atoms with Gasteiger partial charge in [-0.05, 0) is 78.0 Å². The fraction of sp³-hybridized carbons (Fsp3) is 0.643. The molecule has 0 radical (unpaired) electrons. The second kappa shape index (κ2) is 14.1. The molecule has 1 aromatic rings. The zero-order valence-corrected chi connectivity index (χ0v) is 23.8. The van der Waals surface area contributed by atoms with Crippen LogP contribution >= 0.6 is 0 Å². The van der Waals surface area contributed by atoms with E-state index in [1.807, 2.05) is 20.8 Å². The van der Waals surface area contributed by atoms with Crippen LogP contribution in [0.15, 0.2) is 18.2 Å². The molecule has 1 rings (SSSR count). The van der Waals surface area contributed by atoms with E-state index in [9.17, 15) is 24.3 Å². The molecular formula is C28H43NO9. The predicted molar refractivity (Wildman–Crippen MR) is 141 cm³/mol. The van der Waals surface area contributed by atoms with Crippen LogP contribution in [0.5, 0.6) is 11.5 Å². The molecule has 38 heavy (non-hydrogen) atoms. The Balaban J connectivity index is 3.46. The number of nitrogens with two attached hydrogens (primary N) is 1. The molecule has 0 saturated heterocycles. The van der Waals surface area contributed by atoms with Gasteiger partial charge in [0.2, 0.25) is 0 Å². The van der Waals surface area contributed by atoms with Crippen molar-refractivity contribution in [2.24, 2.45) is 16.6 Å². The smallest absolute Gasteiger partial charge is 0.480 e. The van der Waals surface area contributed by atoms with Gasteiger partial charge in [0.1, 0.15) is 12.1 Å². The minimum atomic E-state index is -1.37. The van der Waals surface area contributed by atoms with Crippen molar-refractivity contribution in [1.29, 1.82) is 0 Å². The Kier molecular flexibility index (Phi) is 12.2. The molecule has 0 aliphatic heterocycles. The van der Waals surface area contributed by atoms with E-state index in [0.717, 1.165) is 0 Å². The summed E-state index contributed by atoms with van der Waals surface area (Å²) in [5.41, 5.74) is 4.83. The van der Waals surface area contributed by atoms with E-state index in [4.69, 9.17) is 24.7 Å². The van der Waals surface area contributed by atoms with Gasteiger partial charge < -0.3 is 29.8 Å². The molecule has 10 heteroatoms. The van der Waals surface area contributed by atoms with E-state index in [0.29, 0.717) is 24.8 Å². The van der Waals surface area contributed by atoms with Crippen molar-refractivity contribution in [2.75, 3.05) is 6.61 Å². The normalized spacial score (nSPS) is 14.1. The van der Waals surface area contributed by atoms with Gasteiger partial charge in [-0.15, -0.1) is 0 Å². The number of benzene rings is 1. The van der Waals surface area contributed by atoms with Gasteiger partial charge in [-0.2, -0.15) is 0 Å². The number of carboxylic acid groups (broad SMARTS) is 1. The lowest BCUT2D eigenvalue weighted by Crippen LogP contribution is -2.38. The molecule has 0 bridgehead atoms. The third-order valence-electron chi connectivity index (χ3n) is 6.70. The minimum Gasteiger partial charge on any atom is -0.480 e. The van der Waals surface area contributed by atoms with Crippen molar-refractivity contribution >= 4 is 24.1 Å². The summed E-state index contributed by atoms with van der Waals surface area (Å²) < 4.78 is 21.5. The lowest BCUT2D eigenvalue weighted by molar-refractivity contribution is -0.147.